The van der Waals surface area contributed by atoms with Crippen molar-refractivity contribution in [1.82, 2.24) is 30.1 Å². The van der Waals surface area contributed by atoms with Gasteiger partial charge in [0.2, 0.25) is 0 Å². The van der Waals surface area contributed by atoms with Crippen molar-refractivity contribution in [2.45, 2.75) is 232 Å². The number of aromatic nitrogens is 1. The molecule has 0 aromatic carbocycles. The third kappa shape index (κ3) is 31.0. The van der Waals surface area contributed by atoms with Gasteiger partial charge in [0.25, 0.3) is 0 Å². The van der Waals surface area contributed by atoms with Gasteiger partial charge >= 0.3 is 11.9 Å². The van der Waals surface area contributed by atoms with Crippen molar-refractivity contribution < 1.29 is 49.3 Å². The van der Waals surface area contributed by atoms with Crippen LogP contribution in [-0.2, 0) is 25.6 Å². The third-order valence-electron chi connectivity index (χ3n) is 17.5. The molecule has 494 valence electrons. The Hall–Kier alpha value is -3.45. The SMILES string of the molecule is C=C1CC2(CN1)CN(CC(C)C)C2.CC(=O)CCN1CC(O)(C(C)C)C1.CC(C)C(O)CC1CCCC(C(=O)O)C1.CC(C)CN1CC(C)C1.CC(C)c1cc(CC(=O)O)on1.CC1CCCN(CC(O)C(C)C)C1.CCC1CC(C(C)C)=NO1. The molecule has 6 fully saturated rings. The van der Waals surface area contributed by atoms with Gasteiger partial charge in [-0.2, -0.15) is 0 Å². The Kier molecular flexibility index (Phi) is 35.5. The molecular formula is C68H127N7O10. The maximum Gasteiger partial charge on any atom is 0.311 e. The number of aliphatic carboxylic acids is 2. The molecule has 85 heavy (non-hydrogen) atoms. The lowest BCUT2D eigenvalue weighted by Crippen LogP contribution is -2.64. The molecule has 6 atom stereocenters. The van der Waals surface area contributed by atoms with Crippen molar-refractivity contribution in [3.8, 4) is 0 Å². The van der Waals surface area contributed by atoms with Gasteiger partial charge in [0, 0.05) is 109 Å². The van der Waals surface area contributed by atoms with Crippen LogP contribution in [-0.4, -0.2) is 183 Å². The quantitative estimate of drug-likeness (QED) is 0.0714. The van der Waals surface area contributed by atoms with Crippen LogP contribution in [0.25, 0.3) is 0 Å². The lowest BCUT2D eigenvalue weighted by Gasteiger charge is -2.49. The second-order valence-electron chi connectivity index (χ2n) is 29.3. The lowest BCUT2D eigenvalue weighted by atomic mass is 9.78. The summed E-state index contributed by atoms with van der Waals surface area (Å²) < 4.78 is 4.81. The Morgan fingerprint density at radius 1 is 0.765 bits per heavy atom. The molecule has 0 amide bonds. The van der Waals surface area contributed by atoms with Gasteiger partial charge in [-0.15, -0.1) is 0 Å². The van der Waals surface area contributed by atoms with Crippen molar-refractivity contribution in [2.75, 3.05) is 85.1 Å². The maximum atomic E-state index is 10.9. The molecule has 7 heterocycles. The summed E-state index contributed by atoms with van der Waals surface area (Å²) >= 11 is 0. The third-order valence-corrected chi connectivity index (χ3v) is 17.5. The van der Waals surface area contributed by atoms with Gasteiger partial charge < -0.3 is 54.9 Å². The molecule has 6 N–H and O–H groups in total. The summed E-state index contributed by atoms with van der Waals surface area (Å²) in [6.07, 6.45) is 10.8. The molecule has 17 nitrogen and oxygen atoms in total. The number of aliphatic hydroxyl groups is 3. The van der Waals surface area contributed by atoms with E-state index in [2.05, 4.69) is 118 Å². The van der Waals surface area contributed by atoms with Crippen molar-refractivity contribution in [2.24, 2.45) is 69.7 Å². The number of aliphatic hydroxyl groups excluding tert-OH is 2. The number of carboxylic acid groups (broad SMARTS) is 2. The zero-order valence-electron chi connectivity index (χ0n) is 57.0. The molecule has 6 aliphatic heterocycles. The highest BCUT2D eigenvalue weighted by Gasteiger charge is 2.46. The van der Waals surface area contributed by atoms with Crippen LogP contribution in [0.5, 0.6) is 0 Å². The Morgan fingerprint density at radius 2 is 1.36 bits per heavy atom. The maximum absolute atomic E-state index is 10.9. The number of β-amino-alcohol motifs (C(OH)–C–C–N with tert-alkyl or cyclic N) is 2. The van der Waals surface area contributed by atoms with Gasteiger partial charge in [0.15, 0.2) is 0 Å². The Labute approximate surface area is 516 Å². The van der Waals surface area contributed by atoms with E-state index in [0.717, 1.165) is 107 Å². The molecule has 17 heteroatoms. The number of oxime groups is 1. The predicted octanol–water partition coefficient (Wildman–Crippen LogP) is 11.4. The van der Waals surface area contributed by atoms with Crippen LogP contribution in [0.15, 0.2) is 28.0 Å². The first-order valence-corrected chi connectivity index (χ1v) is 33.2. The highest BCUT2D eigenvalue weighted by atomic mass is 16.6. The number of carbonyl (C=O) groups is 3. The van der Waals surface area contributed by atoms with Crippen LogP contribution in [0.4, 0.5) is 0 Å². The highest BCUT2D eigenvalue weighted by Crippen LogP contribution is 2.39. The topological polar surface area (TPSA) is 225 Å². The normalized spacial score (nSPS) is 23.6. The van der Waals surface area contributed by atoms with Crippen molar-refractivity contribution in [3.05, 3.63) is 29.8 Å². The number of hydrogen-bond donors (Lipinski definition) is 6. The van der Waals surface area contributed by atoms with E-state index in [4.69, 9.17) is 19.6 Å². The van der Waals surface area contributed by atoms with Crippen LogP contribution in [0.2, 0.25) is 0 Å². The fraction of sp³-hybridized carbons (Fsp3) is 0.868. The minimum Gasteiger partial charge on any atom is -0.481 e. The van der Waals surface area contributed by atoms with Gasteiger partial charge in [-0.25, -0.2) is 0 Å². The number of allylic oxidation sites excluding steroid dienone is 1. The zero-order valence-corrected chi connectivity index (χ0v) is 57.0. The summed E-state index contributed by atoms with van der Waals surface area (Å²) in [7, 11) is 0. The summed E-state index contributed by atoms with van der Waals surface area (Å²) in [4.78, 5) is 46.6. The minimum absolute atomic E-state index is 0.0975. The van der Waals surface area contributed by atoms with Crippen LogP contribution >= 0.6 is 0 Å². The number of nitrogens with zero attached hydrogens (tertiary/aromatic N) is 6. The van der Waals surface area contributed by atoms with E-state index in [1.807, 2.05) is 41.5 Å². The number of ketones is 1. The molecule has 1 saturated carbocycles. The van der Waals surface area contributed by atoms with E-state index in [1.54, 1.807) is 13.0 Å². The Morgan fingerprint density at radius 3 is 1.80 bits per heavy atom. The van der Waals surface area contributed by atoms with E-state index in [9.17, 15) is 29.7 Å². The smallest absolute Gasteiger partial charge is 0.311 e. The summed E-state index contributed by atoms with van der Waals surface area (Å²) in [5.74, 6) is 4.50. The second kappa shape index (κ2) is 38.8. The lowest BCUT2D eigenvalue weighted by molar-refractivity contribution is -0.143. The number of hydrogen-bond acceptors (Lipinski definition) is 15. The number of nitrogens with one attached hydrogen (secondary N) is 1. The number of piperidine rings is 1. The molecule has 1 aliphatic carbocycles. The number of carboxylic acids is 2. The van der Waals surface area contributed by atoms with Gasteiger partial charge in [0.05, 0.1) is 35.1 Å². The average Bonchev–Trinajstić information content (AvgIpc) is 3.30. The molecule has 6 unspecified atom stereocenters. The zero-order chi connectivity index (χ0) is 64.4. The molecule has 7 aliphatic rings. The van der Waals surface area contributed by atoms with Gasteiger partial charge in [-0.3, -0.25) is 19.3 Å². The number of likely N-dealkylation sites (tertiary alicyclic amines) is 4. The van der Waals surface area contributed by atoms with E-state index in [1.165, 1.54) is 83.0 Å². The van der Waals surface area contributed by atoms with Crippen molar-refractivity contribution >= 4 is 23.4 Å². The largest absolute Gasteiger partial charge is 0.481 e. The molecule has 1 spiro atoms. The standard InChI is InChI=1S/C12H22O3.C11H20N2.C11H23NO.C10H19NO2.C8H11NO3.C8H15NO.C8H17N/c1-8(2)11(13)7-9-4-3-5-10(6-9)12(14)15;1-9(2)5-13-7-11(8-13)4-10(3)12-6-11;1-9(2)11(13)8-12-6-4-5-10(3)7-12;1-8(2)10(13)6-11(7-10)5-4-9(3)12;1-5(2)7-3-6(12-9-7)4-8(10)11;1-4-7-5-8(6(2)3)9-10-7;1-7(2)4-9-5-8(3)6-9/h8-11,13H,3-7H2,1-2H3,(H,14,15);9,12H,3-8H2,1-2H3;9-11,13H,4-8H2,1-3H3;8,13H,4-7H2,1-3H3;3,5H,4H2,1-2H3,(H,10,11);6-7H,4-5H2,1-3H3;7-8H,4-6H2,1-3H3. The van der Waals surface area contributed by atoms with Crippen LogP contribution in [0.1, 0.15) is 213 Å². The summed E-state index contributed by atoms with van der Waals surface area (Å²) in [6.45, 7) is 56.3. The van der Waals surface area contributed by atoms with Gasteiger partial charge in [-0.1, -0.05) is 147 Å². The molecular weight excluding hydrogens is 1070 g/mol. The molecule has 0 radical (unpaired) electrons. The Bertz CT molecular complexity index is 2070. The van der Waals surface area contributed by atoms with E-state index in [0.29, 0.717) is 47.4 Å². The van der Waals surface area contributed by atoms with Crippen molar-refractivity contribution in [3.63, 3.8) is 0 Å². The van der Waals surface area contributed by atoms with E-state index < -0.39 is 17.5 Å². The minimum atomic E-state index is -0.901. The summed E-state index contributed by atoms with van der Waals surface area (Å²) in [6, 6.07) is 1.68. The first kappa shape index (κ1) is 77.6. The average molecular weight is 1200 g/mol. The fourth-order valence-corrected chi connectivity index (χ4v) is 11.8. The van der Waals surface area contributed by atoms with Crippen LogP contribution in [0, 0.1) is 64.6 Å². The first-order valence-electron chi connectivity index (χ1n) is 33.2. The number of rotatable bonds is 20. The molecule has 1 aromatic heterocycles. The summed E-state index contributed by atoms with van der Waals surface area (Å²) in [5, 5.41) is 57.8. The number of Topliss-reactive ketones (excluding diaryl/α,β-unsaturated/α-hetero) is 1. The van der Waals surface area contributed by atoms with Gasteiger partial charge in [0.1, 0.15) is 24.1 Å². The number of carbonyl (C=O) groups excluding carboxylic acids is 1. The van der Waals surface area contributed by atoms with Gasteiger partial charge in [-0.05, 0) is 118 Å². The second-order valence-corrected chi connectivity index (χ2v) is 29.3. The molecule has 5 saturated heterocycles. The molecule has 8 rings (SSSR count). The first-order chi connectivity index (χ1) is 39.6. The monoisotopic (exact) mass is 1200 g/mol. The van der Waals surface area contributed by atoms with Crippen LogP contribution in [0.3, 0.4) is 0 Å². The van der Waals surface area contributed by atoms with E-state index in [-0.39, 0.29) is 42.2 Å². The fourth-order valence-electron chi connectivity index (χ4n) is 11.8. The van der Waals surface area contributed by atoms with Crippen LogP contribution < -0.4 is 5.32 Å². The highest BCUT2D eigenvalue weighted by molar-refractivity contribution is 5.87. The molecule has 0 bridgehead atoms. The summed E-state index contributed by atoms with van der Waals surface area (Å²) in [5.41, 5.74) is 3.31. The van der Waals surface area contributed by atoms with E-state index >= 15 is 0 Å². The Balaban J connectivity index is 0.000000340. The molecule has 1 aromatic rings. The predicted molar refractivity (Wildman–Crippen MR) is 346 cm³/mol. The van der Waals surface area contributed by atoms with Crippen molar-refractivity contribution in [1.29, 1.82) is 0 Å².